The highest BCUT2D eigenvalue weighted by Crippen LogP contribution is 2.37. The Hall–Kier alpha value is -0.930. The molecule has 0 amide bonds. The van der Waals surface area contributed by atoms with Gasteiger partial charge in [0, 0.05) is 0 Å². The molecule has 1 unspecified atom stereocenters. The molecule has 2 rings (SSSR count). The molecule has 16 heavy (non-hydrogen) atoms. The lowest BCUT2D eigenvalue weighted by molar-refractivity contribution is -0.0363. The van der Waals surface area contributed by atoms with E-state index in [1.165, 1.54) is 0 Å². The van der Waals surface area contributed by atoms with Gasteiger partial charge in [-0.15, -0.1) is 0 Å². The Bertz CT molecular complexity index is 333. The number of hydrogen-bond donors (Lipinski definition) is 2. The summed E-state index contributed by atoms with van der Waals surface area (Å²) in [6, 6.07) is 9.12. The summed E-state index contributed by atoms with van der Waals surface area (Å²) in [6.45, 7) is 0. The zero-order chi connectivity index (χ0) is 11.6. The molecule has 0 spiro atoms. The third-order valence-corrected chi connectivity index (χ3v) is 3.52. The highest BCUT2D eigenvalue weighted by Gasteiger charge is 2.39. The molecule has 1 saturated carbocycles. The molecule has 1 aromatic carbocycles. The summed E-state index contributed by atoms with van der Waals surface area (Å²) in [5.74, 6) is 0. The van der Waals surface area contributed by atoms with E-state index in [1.807, 2.05) is 30.3 Å². The molecule has 3 N–H and O–H groups in total. The summed E-state index contributed by atoms with van der Waals surface area (Å²) in [7, 11) is 0. The van der Waals surface area contributed by atoms with Gasteiger partial charge in [-0.3, -0.25) is 0 Å². The second-order valence-electron chi connectivity index (χ2n) is 4.67. The second-order valence-corrected chi connectivity index (χ2v) is 4.67. The predicted octanol–water partition coefficient (Wildman–Crippen LogP) is 2.33. The van der Waals surface area contributed by atoms with Gasteiger partial charge >= 0.3 is 0 Å². The van der Waals surface area contributed by atoms with Crippen LogP contribution in [-0.4, -0.2) is 16.9 Å². The van der Waals surface area contributed by atoms with Crippen LogP contribution in [0.1, 0.15) is 37.3 Å². The average molecular weight is 223 g/mol. The molecule has 0 heterocycles. The highest BCUT2D eigenvalue weighted by atomic mass is 19.1. The van der Waals surface area contributed by atoms with E-state index in [9.17, 15) is 9.50 Å². The Balaban J connectivity index is 2.12. The third kappa shape index (κ3) is 2.25. The monoisotopic (exact) mass is 223 g/mol. The van der Waals surface area contributed by atoms with Crippen LogP contribution in [0.4, 0.5) is 4.39 Å². The van der Waals surface area contributed by atoms with E-state index in [1.54, 1.807) is 0 Å². The van der Waals surface area contributed by atoms with Crippen molar-refractivity contribution in [3.63, 3.8) is 0 Å². The first-order valence-corrected chi connectivity index (χ1v) is 5.79. The minimum absolute atomic E-state index is 0.414. The maximum Gasteiger partial charge on any atom is 0.100 e. The molecule has 0 aliphatic heterocycles. The van der Waals surface area contributed by atoms with Crippen molar-refractivity contribution >= 4 is 0 Å². The fourth-order valence-electron chi connectivity index (χ4n) is 2.36. The van der Waals surface area contributed by atoms with Crippen molar-refractivity contribution in [1.82, 2.24) is 0 Å². The lowest BCUT2D eigenvalue weighted by Gasteiger charge is -2.38. The molecule has 0 saturated heterocycles. The predicted molar refractivity (Wildman–Crippen MR) is 61.7 cm³/mol. The van der Waals surface area contributed by atoms with Crippen LogP contribution in [-0.2, 0) is 0 Å². The number of rotatable bonds is 2. The van der Waals surface area contributed by atoms with Gasteiger partial charge < -0.3 is 10.8 Å². The standard InChI is InChI=1S/C13H18FNO/c14-11-6-8-13(16,9-7-11)12(15)10-4-2-1-3-5-10/h1-5,11-12,16H,6-9,15H2/t11-,12?,13+. The van der Waals surface area contributed by atoms with Crippen molar-refractivity contribution in [3.05, 3.63) is 35.9 Å². The number of halogens is 1. The smallest absolute Gasteiger partial charge is 0.100 e. The number of hydrogen-bond acceptors (Lipinski definition) is 2. The summed E-state index contributed by atoms with van der Waals surface area (Å²) in [5.41, 5.74) is 6.06. The molecule has 1 aromatic rings. The van der Waals surface area contributed by atoms with Crippen molar-refractivity contribution in [2.75, 3.05) is 0 Å². The van der Waals surface area contributed by atoms with E-state index in [0.717, 1.165) is 5.56 Å². The number of aliphatic hydroxyl groups is 1. The summed E-state index contributed by atoms with van der Waals surface area (Å²) in [6.07, 6.45) is 0.950. The number of nitrogens with two attached hydrogens (primary N) is 1. The molecule has 0 radical (unpaired) electrons. The quantitative estimate of drug-likeness (QED) is 0.808. The van der Waals surface area contributed by atoms with Gasteiger partial charge in [-0.25, -0.2) is 4.39 Å². The minimum atomic E-state index is -0.941. The van der Waals surface area contributed by atoms with Crippen molar-refractivity contribution in [2.24, 2.45) is 5.73 Å². The molecule has 3 heteroatoms. The lowest BCUT2D eigenvalue weighted by atomic mass is 9.77. The number of benzene rings is 1. The average Bonchev–Trinajstić information content (AvgIpc) is 2.33. The van der Waals surface area contributed by atoms with Crippen LogP contribution in [0.3, 0.4) is 0 Å². The van der Waals surface area contributed by atoms with Crippen LogP contribution in [0.15, 0.2) is 30.3 Å². The van der Waals surface area contributed by atoms with Crippen LogP contribution in [0.2, 0.25) is 0 Å². The molecule has 1 fully saturated rings. The SMILES string of the molecule is NC(c1ccccc1)[C@]1(O)CC[C@@H](F)CC1. The maximum absolute atomic E-state index is 13.0. The molecule has 1 atom stereocenters. The largest absolute Gasteiger partial charge is 0.388 e. The van der Waals surface area contributed by atoms with Gasteiger partial charge in [-0.1, -0.05) is 30.3 Å². The van der Waals surface area contributed by atoms with Gasteiger partial charge in [0.1, 0.15) is 6.17 Å². The number of alkyl halides is 1. The van der Waals surface area contributed by atoms with E-state index in [-0.39, 0.29) is 0 Å². The Morgan fingerprint density at radius 1 is 1.25 bits per heavy atom. The minimum Gasteiger partial charge on any atom is -0.388 e. The molecule has 0 aromatic heterocycles. The molecular weight excluding hydrogens is 205 g/mol. The normalized spacial score (nSPS) is 32.3. The van der Waals surface area contributed by atoms with E-state index in [0.29, 0.717) is 25.7 Å². The van der Waals surface area contributed by atoms with Crippen LogP contribution in [0.25, 0.3) is 0 Å². The Morgan fingerprint density at radius 3 is 2.38 bits per heavy atom. The van der Waals surface area contributed by atoms with E-state index >= 15 is 0 Å². The fraction of sp³-hybridized carbons (Fsp3) is 0.538. The van der Waals surface area contributed by atoms with Gasteiger partial charge in [0.25, 0.3) is 0 Å². The Labute approximate surface area is 95.3 Å². The zero-order valence-electron chi connectivity index (χ0n) is 9.27. The first kappa shape index (κ1) is 11.6. The maximum atomic E-state index is 13.0. The summed E-state index contributed by atoms with van der Waals surface area (Å²) in [5, 5.41) is 10.4. The van der Waals surface area contributed by atoms with Crippen LogP contribution < -0.4 is 5.73 Å². The van der Waals surface area contributed by atoms with Crippen molar-refractivity contribution < 1.29 is 9.50 Å². The van der Waals surface area contributed by atoms with Gasteiger partial charge in [0.15, 0.2) is 0 Å². The summed E-state index contributed by atoms with van der Waals surface area (Å²) in [4.78, 5) is 0. The van der Waals surface area contributed by atoms with Gasteiger partial charge in [-0.2, -0.15) is 0 Å². The molecule has 2 nitrogen and oxygen atoms in total. The Morgan fingerprint density at radius 2 is 1.81 bits per heavy atom. The second kappa shape index (κ2) is 4.52. The topological polar surface area (TPSA) is 46.2 Å². The van der Waals surface area contributed by atoms with Crippen LogP contribution in [0, 0.1) is 0 Å². The van der Waals surface area contributed by atoms with Crippen molar-refractivity contribution in [3.8, 4) is 0 Å². The van der Waals surface area contributed by atoms with Gasteiger partial charge in [-0.05, 0) is 31.2 Å². The molecule has 1 aliphatic rings. The van der Waals surface area contributed by atoms with E-state index < -0.39 is 17.8 Å². The summed E-state index contributed by atoms with van der Waals surface area (Å²) < 4.78 is 13.0. The van der Waals surface area contributed by atoms with E-state index in [4.69, 9.17) is 5.73 Å². The van der Waals surface area contributed by atoms with Crippen LogP contribution >= 0.6 is 0 Å². The molecule has 1 aliphatic carbocycles. The molecular formula is C13H18FNO. The van der Waals surface area contributed by atoms with Crippen molar-refractivity contribution in [1.29, 1.82) is 0 Å². The first-order chi connectivity index (χ1) is 7.62. The molecule has 0 bridgehead atoms. The molecule has 88 valence electrons. The zero-order valence-corrected chi connectivity index (χ0v) is 9.27. The van der Waals surface area contributed by atoms with Crippen molar-refractivity contribution in [2.45, 2.75) is 43.5 Å². The van der Waals surface area contributed by atoms with Gasteiger partial charge in [0.2, 0.25) is 0 Å². The highest BCUT2D eigenvalue weighted by molar-refractivity contribution is 5.22. The lowest BCUT2D eigenvalue weighted by Crippen LogP contribution is -2.44. The fourth-order valence-corrected chi connectivity index (χ4v) is 2.36. The van der Waals surface area contributed by atoms with Crippen LogP contribution in [0.5, 0.6) is 0 Å². The summed E-state index contributed by atoms with van der Waals surface area (Å²) >= 11 is 0. The van der Waals surface area contributed by atoms with Gasteiger partial charge in [0.05, 0.1) is 11.6 Å². The Kier molecular flexibility index (Phi) is 3.26. The third-order valence-electron chi connectivity index (χ3n) is 3.52. The van der Waals surface area contributed by atoms with E-state index in [2.05, 4.69) is 0 Å². The first-order valence-electron chi connectivity index (χ1n) is 5.79.